The zero-order valence-electron chi connectivity index (χ0n) is 11.4. The summed E-state index contributed by atoms with van der Waals surface area (Å²) in [7, 11) is 3.54. The van der Waals surface area contributed by atoms with E-state index < -0.39 is 11.6 Å². The maximum atomic E-state index is 13.3. The number of benzene rings is 1. The van der Waals surface area contributed by atoms with E-state index in [1.807, 2.05) is 0 Å². The van der Waals surface area contributed by atoms with Gasteiger partial charge in [-0.05, 0) is 36.8 Å². The fourth-order valence-electron chi connectivity index (χ4n) is 1.96. The monoisotopic (exact) mass is 273 g/mol. The first-order valence-electron chi connectivity index (χ1n) is 5.98. The van der Waals surface area contributed by atoms with Crippen molar-refractivity contribution in [3.63, 3.8) is 0 Å². The summed E-state index contributed by atoms with van der Waals surface area (Å²) >= 11 is 0. The predicted octanol–water partition coefficient (Wildman–Crippen LogP) is 3.27. The molecule has 0 saturated carbocycles. The Kier molecular flexibility index (Phi) is 3.66. The average molecular weight is 273 g/mol. The number of anilines is 1. The Bertz CT molecular complexity index is 703. The van der Waals surface area contributed by atoms with Gasteiger partial charge >= 0.3 is 0 Å². The summed E-state index contributed by atoms with van der Waals surface area (Å²) < 4.78 is 26.3. The summed E-state index contributed by atoms with van der Waals surface area (Å²) in [6.45, 7) is 1.78. The van der Waals surface area contributed by atoms with Gasteiger partial charge in [0.05, 0.1) is 11.3 Å². The Hall–Kier alpha value is -2.48. The highest BCUT2D eigenvalue weighted by atomic mass is 19.2. The topological polar surface area (TPSA) is 39.9 Å². The van der Waals surface area contributed by atoms with Crippen molar-refractivity contribution in [3.8, 4) is 17.3 Å². The van der Waals surface area contributed by atoms with E-state index in [0.717, 1.165) is 17.7 Å². The highest BCUT2D eigenvalue weighted by Gasteiger charge is 2.13. The maximum absolute atomic E-state index is 13.3. The third-order valence-corrected chi connectivity index (χ3v) is 2.93. The lowest BCUT2D eigenvalue weighted by atomic mass is 10.0. The van der Waals surface area contributed by atoms with Gasteiger partial charge in [-0.3, -0.25) is 0 Å². The van der Waals surface area contributed by atoms with Crippen LogP contribution in [0.5, 0.6) is 0 Å². The summed E-state index contributed by atoms with van der Waals surface area (Å²) in [5.74, 6) is -1.31. The molecular formula is C15H13F2N3. The third kappa shape index (κ3) is 2.45. The second-order valence-electron chi connectivity index (χ2n) is 4.66. The summed E-state index contributed by atoms with van der Waals surface area (Å²) in [6, 6.07) is 7.42. The zero-order chi connectivity index (χ0) is 14.9. The summed E-state index contributed by atoms with van der Waals surface area (Å²) in [4.78, 5) is 6.11. The van der Waals surface area contributed by atoms with E-state index in [1.165, 1.54) is 6.07 Å². The highest BCUT2D eigenvalue weighted by Crippen LogP contribution is 2.27. The lowest BCUT2D eigenvalue weighted by Crippen LogP contribution is -2.13. The molecule has 0 radical (unpaired) electrons. The van der Waals surface area contributed by atoms with Crippen LogP contribution in [0.3, 0.4) is 0 Å². The number of pyridine rings is 1. The van der Waals surface area contributed by atoms with Gasteiger partial charge in [0.15, 0.2) is 11.6 Å². The van der Waals surface area contributed by atoms with Crippen LogP contribution in [0, 0.1) is 29.9 Å². The smallest absolute Gasteiger partial charge is 0.159 e. The van der Waals surface area contributed by atoms with Crippen molar-refractivity contribution in [2.45, 2.75) is 6.92 Å². The van der Waals surface area contributed by atoms with Crippen LogP contribution in [-0.4, -0.2) is 19.1 Å². The van der Waals surface area contributed by atoms with Crippen molar-refractivity contribution in [1.82, 2.24) is 4.98 Å². The van der Waals surface area contributed by atoms with E-state index in [1.54, 1.807) is 32.0 Å². The molecule has 102 valence electrons. The molecule has 1 aromatic heterocycles. The fourth-order valence-corrected chi connectivity index (χ4v) is 1.96. The standard InChI is InChI=1S/C15H13F2N3/c1-9-6-11(8-18)15(20(2)3)19-14(9)10-4-5-12(16)13(17)7-10/h4-7H,1-3H3. The number of aromatic nitrogens is 1. The molecule has 0 aliphatic rings. The minimum absolute atomic E-state index is 0.443. The van der Waals surface area contributed by atoms with Crippen molar-refractivity contribution in [2.75, 3.05) is 19.0 Å². The maximum Gasteiger partial charge on any atom is 0.159 e. The summed E-state index contributed by atoms with van der Waals surface area (Å²) in [5, 5.41) is 9.11. The van der Waals surface area contributed by atoms with Gasteiger partial charge < -0.3 is 4.90 Å². The quantitative estimate of drug-likeness (QED) is 0.843. The van der Waals surface area contributed by atoms with E-state index in [2.05, 4.69) is 11.1 Å². The van der Waals surface area contributed by atoms with Gasteiger partial charge in [-0.2, -0.15) is 5.26 Å². The molecule has 1 heterocycles. The SMILES string of the molecule is Cc1cc(C#N)c(N(C)C)nc1-c1ccc(F)c(F)c1. The van der Waals surface area contributed by atoms with Crippen molar-refractivity contribution in [2.24, 2.45) is 0 Å². The molecule has 2 rings (SSSR count). The first-order chi connectivity index (χ1) is 9.43. The first kappa shape index (κ1) is 13.9. The molecule has 5 heteroatoms. The second kappa shape index (κ2) is 5.25. The molecule has 0 atom stereocenters. The fraction of sp³-hybridized carbons (Fsp3) is 0.200. The van der Waals surface area contributed by atoms with Gasteiger partial charge in [0.2, 0.25) is 0 Å². The molecular weight excluding hydrogens is 260 g/mol. The van der Waals surface area contributed by atoms with Gasteiger partial charge in [-0.1, -0.05) is 0 Å². The van der Waals surface area contributed by atoms with Crippen LogP contribution in [-0.2, 0) is 0 Å². The molecule has 0 spiro atoms. The molecule has 0 N–H and O–H groups in total. The van der Waals surface area contributed by atoms with E-state index in [9.17, 15) is 8.78 Å². The molecule has 0 amide bonds. The highest BCUT2D eigenvalue weighted by molar-refractivity contribution is 5.68. The van der Waals surface area contributed by atoms with Crippen LogP contribution in [0.15, 0.2) is 24.3 Å². The van der Waals surface area contributed by atoms with E-state index in [0.29, 0.717) is 22.6 Å². The molecule has 2 aromatic rings. The molecule has 0 aliphatic heterocycles. The van der Waals surface area contributed by atoms with Crippen molar-refractivity contribution in [1.29, 1.82) is 5.26 Å². The number of rotatable bonds is 2. The number of aryl methyl sites for hydroxylation is 1. The van der Waals surface area contributed by atoms with Crippen LogP contribution >= 0.6 is 0 Å². The largest absolute Gasteiger partial charge is 0.362 e. The molecule has 0 aliphatic carbocycles. The van der Waals surface area contributed by atoms with E-state index >= 15 is 0 Å². The molecule has 0 saturated heterocycles. The van der Waals surface area contributed by atoms with Crippen LogP contribution in [0.4, 0.5) is 14.6 Å². The number of nitriles is 1. The van der Waals surface area contributed by atoms with Crippen LogP contribution in [0.25, 0.3) is 11.3 Å². The van der Waals surface area contributed by atoms with Gasteiger partial charge in [0.25, 0.3) is 0 Å². The molecule has 20 heavy (non-hydrogen) atoms. The van der Waals surface area contributed by atoms with Crippen LogP contribution in [0.1, 0.15) is 11.1 Å². The normalized spacial score (nSPS) is 10.2. The number of hydrogen-bond acceptors (Lipinski definition) is 3. The van der Waals surface area contributed by atoms with Gasteiger partial charge in [0.1, 0.15) is 11.9 Å². The Morgan fingerprint density at radius 1 is 1.15 bits per heavy atom. The lowest BCUT2D eigenvalue weighted by Gasteiger charge is -2.16. The molecule has 1 aromatic carbocycles. The molecule has 3 nitrogen and oxygen atoms in total. The number of nitrogens with zero attached hydrogens (tertiary/aromatic N) is 3. The molecule has 0 unspecified atom stereocenters. The predicted molar refractivity (Wildman–Crippen MR) is 73.4 cm³/mol. The lowest BCUT2D eigenvalue weighted by molar-refractivity contribution is 0.509. The zero-order valence-corrected chi connectivity index (χ0v) is 11.4. The minimum atomic E-state index is -0.917. The Morgan fingerprint density at radius 3 is 2.40 bits per heavy atom. The van der Waals surface area contributed by atoms with Crippen molar-refractivity contribution < 1.29 is 8.78 Å². The third-order valence-electron chi connectivity index (χ3n) is 2.93. The van der Waals surface area contributed by atoms with Crippen molar-refractivity contribution >= 4 is 5.82 Å². The van der Waals surface area contributed by atoms with Gasteiger partial charge in [0, 0.05) is 19.7 Å². The molecule has 0 bridgehead atoms. The minimum Gasteiger partial charge on any atom is -0.362 e. The Morgan fingerprint density at radius 2 is 1.85 bits per heavy atom. The second-order valence-corrected chi connectivity index (χ2v) is 4.66. The average Bonchev–Trinajstić information content (AvgIpc) is 2.41. The van der Waals surface area contributed by atoms with E-state index in [-0.39, 0.29) is 0 Å². The van der Waals surface area contributed by atoms with Gasteiger partial charge in [-0.15, -0.1) is 0 Å². The summed E-state index contributed by atoms with van der Waals surface area (Å²) in [5.41, 5.74) is 2.19. The van der Waals surface area contributed by atoms with E-state index in [4.69, 9.17) is 5.26 Å². The van der Waals surface area contributed by atoms with Crippen LogP contribution in [0.2, 0.25) is 0 Å². The summed E-state index contributed by atoms with van der Waals surface area (Å²) in [6.07, 6.45) is 0. The Labute approximate surface area is 116 Å². The van der Waals surface area contributed by atoms with Crippen molar-refractivity contribution in [3.05, 3.63) is 47.0 Å². The first-order valence-corrected chi connectivity index (χ1v) is 5.98. The number of halogens is 2. The Balaban J connectivity index is 2.65. The molecule has 0 fully saturated rings. The van der Waals surface area contributed by atoms with Crippen LogP contribution < -0.4 is 4.90 Å². The van der Waals surface area contributed by atoms with Gasteiger partial charge in [-0.25, -0.2) is 13.8 Å². The number of hydrogen-bond donors (Lipinski definition) is 0.